The number of rotatable bonds is 4. The lowest BCUT2D eigenvalue weighted by Crippen LogP contribution is -2.17. The van der Waals surface area contributed by atoms with Gasteiger partial charge in [0, 0.05) is 12.5 Å². The first-order valence-electron chi connectivity index (χ1n) is 7.05. The first-order valence-corrected chi connectivity index (χ1v) is 7.85. The Morgan fingerprint density at radius 3 is 3.05 bits per heavy atom. The number of benzene rings is 1. The van der Waals surface area contributed by atoms with Gasteiger partial charge in [-0.2, -0.15) is 5.10 Å². The van der Waals surface area contributed by atoms with Crippen LogP contribution < -0.4 is 0 Å². The van der Waals surface area contributed by atoms with Gasteiger partial charge in [-0.1, -0.05) is 31.2 Å². The number of aromatic nitrogens is 2. The fourth-order valence-corrected chi connectivity index (χ4v) is 3.47. The molecule has 0 fully saturated rings. The molecule has 20 heavy (non-hydrogen) atoms. The molecule has 0 saturated carbocycles. The van der Waals surface area contributed by atoms with Crippen LogP contribution in [0.3, 0.4) is 0 Å². The van der Waals surface area contributed by atoms with E-state index in [0.29, 0.717) is 5.69 Å². The molecule has 1 heterocycles. The van der Waals surface area contributed by atoms with Crippen LogP contribution in [0.1, 0.15) is 47.3 Å². The minimum absolute atomic E-state index is 0.0187. The average Bonchev–Trinajstić information content (AvgIpc) is 3.03. The molecular formula is C16H17BrN2O. The van der Waals surface area contributed by atoms with E-state index >= 15 is 0 Å². The molecule has 0 aliphatic heterocycles. The quantitative estimate of drug-likeness (QED) is 0.794. The number of fused-ring (bicyclic) bond motifs is 1. The largest absolute Gasteiger partial charge is 0.292 e. The van der Waals surface area contributed by atoms with Crippen molar-refractivity contribution in [1.82, 2.24) is 9.78 Å². The van der Waals surface area contributed by atoms with Gasteiger partial charge in [-0.25, -0.2) is 0 Å². The van der Waals surface area contributed by atoms with Crippen molar-refractivity contribution in [2.24, 2.45) is 0 Å². The predicted molar refractivity (Wildman–Crippen MR) is 82.1 cm³/mol. The highest BCUT2D eigenvalue weighted by Gasteiger charge is 2.31. The first-order chi connectivity index (χ1) is 9.72. The Kier molecular flexibility index (Phi) is 3.74. The summed E-state index contributed by atoms with van der Waals surface area (Å²) >= 11 is 3.47. The minimum Gasteiger partial charge on any atom is -0.292 e. The SMILES string of the molecule is CCCn1ncc(Br)c1C(=O)C1CCc2ccccc21. The van der Waals surface area contributed by atoms with Crippen LogP contribution in [0.25, 0.3) is 0 Å². The summed E-state index contributed by atoms with van der Waals surface area (Å²) in [7, 11) is 0. The van der Waals surface area contributed by atoms with Gasteiger partial charge in [0.25, 0.3) is 0 Å². The maximum absolute atomic E-state index is 12.9. The van der Waals surface area contributed by atoms with Gasteiger partial charge in [-0.05, 0) is 46.3 Å². The van der Waals surface area contributed by atoms with Gasteiger partial charge in [0.2, 0.25) is 0 Å². The van der Waals surface area contributed by atoms with E-state index in [1.807, 2.05) is 16.8 Å². The molecule has 1 atom stereocenters. The lowest BCUT2D eigenvalue weighted by Gasteiger charge is -2.12. The Bertz CT molecular complexity index is 648. The molecule has 0 amide bonds. The number of carbonyl (C=O) groups excluding carboxylic acids is 1. The Labute approximate surface area is 127 Å². The average molecular weight is 333 g/mol. The third-order valence-electron chi connectivity index (χ3n) is 3.91. The fourth-order valence-electron chi connectivity index (χ4n) is 2.98. The van der Waals surface area contributed by atoms with Gasteiger partial charge in [-0.15, -0.1) is 0 Å². The molecular weight excluding hydrogens is 316 g/mol. The summed E-state index contributed by atoms with van der Waals surface area (Å²) < 4.78 is 2.63. The Morgan fingerprint density at radius 1 is 1.45 bits per heavy atom. The fraction of sp³-hybridized carbons (Fsp3) is 0.375. The Morgan fingerprint density at radius 2 is 2.25 bits per heavy atom. The van der Waals surface area contributed by atoms with Crippen LogP contribution in [0.4, 0.5) is 0 Å². The number of ketones is 1. The number of hydrogen-bond acceptors (Lipinski definition) is 2. The van der Waals surface area contributed by atoms with Gasteiger partial charge in [0.05, 0.1) is 10.7 Å². The summed E-state index contributed by atoms with van der Waals surface area (Å²) in [5.74, 6) is 0.169. The first kappa shape index (κ1) is 13.6. The van der Waals surface area contributed by atoms with Crippen molar-refractivity contribution in [2.75, 3.05) is 0 Å². The highest BCUT2D eigenvalue weighted by molar-refractivity contribution is 9.10. The van der Waals surface area contributed by atoms with E-state index in [4.69, 9.17) is 0 Å². The van der Waals surface area contributed by atoms with Gasteiger partial charge in [-0.3, -0.25) is 9.48 Å². The molecule has 2 aromatic rings. The van der Waals surface area contributed by atoms with Crippen molar-refractivity contribution in [3.8, 4) is 0 Å². The zero-order valence-corrected chi connectivity index (χ0v) is 13.1. The highest BCUT2D eigenvalue weighted by Crippen LogP contribution is 2.36. The zero-order chi connectivity index (χ0) is 14.1. The van der Waals surface area contributed by atoms with E-state index in [-0.39, 0.29) is 11.7 Å². The molecule has 3 rings (SSSR count). The molecule has 104 valence electrons. The lowest BCUT2D eigenvalue weighted by molar-refractivity contribution is 0.0948. The molecule has 1 aromatic heterocycles. The van der Waals surface area contributed by atoms with Crippen LogP contribution in [0.5, 0.6) is 0 Å². The summed E-state index contributed by atoms with van der Waals surface area (Å²) in [6, 6.07) is 8.27. The minimum atomic E-state index is -0.0187. The summed E-state index contributed by atoms with van der Waals surface area (Å²) in [6.07, 6.45) is 4.59. The van der Waals surface area contributed by atoms with E-state index < -0.39 is 0 Å². The molecule has 0 saturated heterocycles. The smallest absolute Gasteiger partial charge is 0.189 e. The maximum atomic E-state index is 12.9. The van der Waals surface area contributed by atoms with Gasteiger partial charge >= 0.3 is 0 Å². The number of Topliss-reactive ketones (excluding diaryl/α,β-unsaturated/α-hetero) is 1. The molecule has 1 aromatic carbocycles. The molecule has 1 unspecified atom stereocenters. The molecule has 1 aliphatic rings. The van der Waals surface area contributed by atoms with E-state index in [0.717, 1.165) is 30.3 Å². The van der Waals surface area contributed by atoms with Crippen LogP contribution in [0.15, 0.2) is 34.9 Å². The monoisotopic (exact) mass is 332 g/mol. The summed E-state index contributed by atoms with van der Waals surface area (Å²) in [5, 5.41) is 4.30. The third-order valence-corrected chi connectivity index (χ3v) is 4.49. The normalized spacial score (nSPS) is 17.2. The molecule has 3 nitrogen and oxygen atoms in total. The van der Waals surface area contributed by atoms with Crippen molar-refractivity contribution in [1.29, 1.82) is 0 Å². The highest BCUT2D eigenvalue weighted by atomic mass is 79.9. The van der Waals surface area contributed by atoms with Crippen molar-refractivity contribution in [3.63, 3.8) is 0 Å². The Hall–Kier alpha value is -1.42. The number of carbonyl (C=O) groups is 1. The van der Waals surface area contributed by atoms with Crippen LogP contribution >= 0.6 is 15.9 Å². The van der Waals surface area contributed by atoms with Crippen molar-refractivity contribution < 1.29 is 4.79 Å². The third kappa shape index (κ3) is 2.22. The molecule has 4 heteroatoms. The summed E-state index contributed by atoms with van der Waals surface area (Å²) in [4.78, 5) is 12.9. The second-order valence-electron chi connectivity index (χ2n) is 5.22. The molecule has 0 N–H and O–H groups in total. The maximum Gasteiger partial charge on any atom is 0.189 e. The lowest BCUT2D eigenvalue weighted by atomic mass is 9.95. The van der Waals surface area contributed by atoms with E-state index in [1.165, 1.54) is 11.1 Å². The van der Waals surface area contributed by atoms with Gasteiger partial charge in [0.15, 0.2) is 5.78 Å². The van der Waals surface area contributed by atoms with Crippen molar-refractivity contribution >= 4 is 21.7 Å². The van der Waals surface area contributed by atoms with E-state index in [9.17, 15) is 4.79 Å². The van der Waals surface area contributed by atoms with Crippen LogP contribution in [0, 0.1) is 0 Å². The van der Waals surface area contributed by atoms with Gasteiger partial charge in [0.1, 0.15) is 5.69 Å². The number of nitrogens with zero attached hydrogens (tertiary/aromatic N) is 2. The number of hydrogen-bond donors (Lipinski definition) is 0. The van der Waals surface area contributed by atoms with Crippen LogP contribution in [-0.2, 0) is 13.0 Å². The van der Waals surface area contributed by atoms with Gasteiger partial charge < -0.3 is 0 Å². The van der Waals surface area contributed by atoms with E-state index in [1.54, 1.807) is 6.20 Å². The summed E-state index contributed by atoms with van der Waals surface area (Å²) in [5.41, 5.74) is 3.21. The number of aryl methyl sites for hydroxylation is 2. The molecule has 0 spiro atoms. The molecule has 1 aliphatic carbocycles. The standard InChI is InChI=1S/C16H17BrN2O/c1-2-9-19-15(14(17)10-18-19)16(20)13-8-7-11-5-3-4-6-12(11)13/h3-6,10,13H,2,7-9H2,1H3. The van der Waals surface area contributed by atoms with Crippen LogP contribution in [-0.4, -0.2) is 15.6 Å². The second-order valence-corrected chi connectivity index (χ2v) is 6.07. The topological polar surface area (TPSA) is 34.9 Å². The Balaban J connectivity index is 1.97. The van der Waals surface area contributed by atoms with Crippen molar-refractivity contribution in [3.05, 3.63) is 51.8 Å². The van der Waals surface area contributed by atoms with E-state index in [2.05, 4.69) is 40.1 Å². The molecule has 0 bridgehead atoms. The second kappa shape index (κ2) is 5.52. The van der Waals surface area contributed by atoms with Crippen molar-refractivity contribution in [2.45, 2.75) is 38.6 Å². The van der Waals surface area contributed by atoms with Crippen LogP contribution in [0.2, 0.25) is 0 Å². The summed E-state index contributed by atoms with van der Waals surface area (Å²) in [6.45, 7) is 2.87. The zero-order valence-electron chi connectivity index (χ0n) is 11.5. The number of halogens is 1. The molecule has 0 radical (unpaired) electrons. The predicted octanol–water partition coefficient (Wildman–Crippen LogP) is 3.97.